The molecular weight excluding hydrogens is 250 g/mol. The maximum Gasteiger partial charge on any atom is 0.320 e. The summed E-state index contributed by atoms with van der Waals surface area (Å²) in [4.78, 5) is 37.7. The second-order valence-electron chi connectivity index (χ2n) is 4.99. The fourth-order valence-electron chi connectivity index (χ4n) is 2.51. The number of hydrogen-bond acceptors (Lipinski definition) is 3. The van der Waals surface area contributed by atoms with E-state index in [0.717, 1.165) is 0 Å². The zero-order valence-electron chi connectivity index (χ0n) is 10.8. The lowest BCUT2D eigenvalue weighted by molar-refractivity contribution is -0.143. The Morgan fingerprint density at radius 2 is 2.00 bits per heavy atom. The van der Waals surface area contributed by atoms with Crippen LogP contribution < -0.4 is 5.32 Å². The van der Waals surface area contributed by atoms with E-state index >= 15 is 0 Å². The van der Waals surface area contributed by atoms with Crippen LogP contribution >= 0.6 is 0 Å². The number of rotatable bonds is 1. The average Bonchev–Trinajstić information content (AvgIpc) is 2.63. The van der Waals surface area contributed by atoms with Gasteiger partial charge in [0, 0.05) is 39.1 Å². The van der Waals surface area contributed by atoms with Gasteiger partial charge in [0.05, 0.1) is 5.92 Å². The molecule has 2 heterocycles. The fraction of sp³-hybridized carbons (Fsp3) is 0.750. The van der Waals surface area contributed by atoms with Crippen LogP contribution in [0.5, 0.6) is 0 Å². The van der Waals surface area contributed by atoms with E-state index in [0.29, 0.717) is 45.4 Å². The molecular formula is C12H19N3O4. The topological polar surface area (TPSA) is 90.0 Å². The number of hydrogen-bond donors (Lipinski definition) is 2. The molecule has 2 N–H and O–H groups in total. The van der Waals surface area contributed by atoms with Gasteiger partial charge in [-0.15, -0.1) is 0 Å². The van der Waals surface area contributed by atoms with Crippen molar-refractivity contribution in [1.82, 2.24) is 15.1 Å². The second kappa shape index (κ2) is 5.90. The van der Waals surface area contributed by atoms with Crippen molar-refractivity contribution in [2.45, 2.75) is 19.3 Å². The Morgan fingerprint density at radius 3 is 2.74 bits per heavy atom. The summed E-state index contributed by atoms with van der Waals surface area (Å²) in [5.41, 5.74) is 0. The van der Waals surface area contributed by atoms with Crippen LogP contribution in [0.1, 0.15) is 19.3 Å². The Kier molecular flexibility index (Phi) is 4.24. The van der Waals surface area contributed by atoms with Gasteiger partial charge >= 0.3 is 12.0 Å². The van der Waals surface area contributed by atoms with E-state index in [-0.39, 0.29) is 18.5 Å². The minimum absolute atomic E-state index is 0.0441. The molecule has 1 atom stereocenters. The number of amides is 3. The summed E-state index contributed by atoms with van der Waals surface area (Å²) in [5, 5.41) is 11.7. The van der Waals surface area contributed by atoms with E-state index in [2.05, 4.69) is 5.32 Å². The first-order valence-corrected chi connectivity index (χ1v) is 6.61. The van der Waals surface area contributed by atoms with E-state index < -0.39 is 11.9 Å². The number of nitrogens with one attached hydrogen (secondary N) is 1. The first-order valence-electron chi connectivity index (χ1n) is 6.61. The lowest BCUT2D eigenvalue weighted by atomic mass is 9.99. The molecule has 7 nitrogen and oxygen atoms in total. The molecule has 3 amide bonds. The predicted octanol–water partition coefficient (Wildman–Crippen LogP) is -0.275. The lowest BCUT2D eigenvalue weighted by Crippen LogP contribution is -2.49. The number of nitrogens with zero attached hydrogens (tertiary/aromatic N) is 2. The molecule has 0 aromatic heterocycles. The Hall–Kier alpha value is -1.79. The van der Waals surface area contributed by atoms with Gasteiger partial charge in [0.25, 0.3) is 0 Å². The van der Waals surface area contributed by atoms with Gasteiger partial charge in [0.15, 0.2) is 0 Å². The molecule has 2 aliphatic rings. The van der Waals surface area contributed by atoms with Crippen LogP contribution in [0.3, 0.4) is 0 Å². The summed E-state index contributed by atoms with van der Waals surface area (Å²) in [6.07, 6.45) is 1.65. The van der Waals surface area contributed by atoms with E-state index in [4.69, 9.17) is 5.11 Å². The molecule has 2 rings (SSSR count). The molecule has 0 aromatic carbocycles. The molecule has 19 heavy (non-hydrogen) atoms. The molecule has 0 radical (unpaired) electrons. The molecule has 0 spiro atoms. The lowest BCUT2D eigenvalue weighted by Gasteiger charge is -2.34. The maximum atomic E-state index is 12.3. The Balaban J connectivity index is 1.94. The summed E-state index contributed by atoms with van der Waals surface area (Å²) >= 11 is 0. The Bertz CT molecular complexity index is 385. The molecule has 2 saturated heterocycles. The SMILES string of the molecule is O=C1CCN(C(=O)N2CCC[C@H](C(=O)O)C2)CCN1. The highest BCUT2D eigenvalue weighted by Gasteiger charge is 2.31. The first kappa shape index (κ1) is 13.6. The quantitative estimate of drug-likeness (QED) is 0.685. The van der Waals surface area contributed by atoms with E-state index in [1.54, 1.807) is 9.80 Å². The van der Waals surface area contributed by atoms with Crippen molar-refractivity contribution in [3.8, 4) is 0 Å². The minimum atomic E-state index is -0.842. The third-order valence-electron chi connectivity index (χ3n) is 3.62. The van der Waals surface area contributed by atoms with Gasteiger partial charge in [-0.25, -0.2) is 4.79 Å². The molecule has 2 fully saturated rings. The van der Waals surface area contributed by atoms with Crippen molar-refractivity contribution in [3.05, 3.63) is 0 Å². The van der Waals surface area contributed by atoms with Crippen molar-refractivity contribution < 1.29 is 19.5 Å². The third-order valence-corrected chi connectivity index (χ3v) is 3.62. The van der Waals surface area contributed by atoms with Crippen LogP contribution in [0.15, 0.2) is 0 Å². The summed E-state index contributed by atoms with van der Waals surface area (Å²) in [6, 6.07) is -0.151. The van der Waals surface area contributed by atoms with Crippen molar-refractivity contribution in [2.75, 3.05) is 32.7 Å². The number of urea groups is 1. The van der Waals surface area contributed by atoms with Crippen molar-refractivity contribution in [1.29, 1.82) is 0 Å². The molecule has 0 aromatic rings. The standard InChI is InChI=1S/C12H19N3O4/c16-10-3-6-14(7-4-13-10)12(19)15-5-1-2-9(8-15)11(17)18/h9H,1-8H2,(H,13,16)(H,17,18)/t9-/m0/s1. The molecule has 0 aliphatic carbocycles. The zero-order valence-corrected chi connectivity index (χ0v) is 10.8. The van der Waals surface area contributed by atoms with Crippen LogP contribution in [0.2, 0.25) is 0 Å². The molecule has 7 heteroatoms. The van der Waals surface area contributed by atoms with Gasteiger partial charge in [-0.1, -0.05) is 0 Å². The number of carboxylic acids is 1. The van der Waals surface area contributed by atoms with Crippen molar-refractivity contribution >= 4 is 17.9 Å². The Labute approximate surface area is 111 Å². The molecule has 0 unspecified atom stereocenters. The largest absolute Gasteiger partial charge is 0.481 e. The molecule has 0 saturated carbocycles. The minimum Gasteiger partial charge on any atom is -0.481 e. The number of carbonyl (C=O) groups is 3. The highest BCUT2D eigenvalue weighted by molar-refractivity contribution is 5.80. The van der Waals surface area contributed by atoms with Gasteiger partial charge in [0.1, 0.15) is 0 Å². The smallest absolute Gasteiger partial charge is 0.320 e. The predicted molar refractivity (Wildman–Crippen MR) is 66.5 cm³/mol. The van der Waals surface area contributed by atoms with E-state index in [1.807, 2.05) is 0 Å². The first-order chi connectivity index (χ1) is 9.08. The summed E-state index contributed by atoms with van der Waals surface area (Å²) in [7, 11) is 0. The van der Waals surface area contributed by atoms with Crippen molar-refractivity contribution in [3.63, 3.8) is 0 Å². The zero-order chi connectivity index (χ0) is 13.8. The second-order valence-corrected chi connectivity index (χ2v) is 4.99. The van der Waals surface area contributed by atoms with Crippen LogP contribution in [0.4, 0.5) is 4.79 Å². The third kappa shape index (κ3) is 3.36. The van der Waals surface area contributed by atoms with Crippen LogP contribution in [0.25, 0.3) is 0 Å². The van der Waals surface area contributed by atoms with Crippen LogP contribution in [-0.2, 0) is 9.59 Å². The fourth-order valence-corrected chi connectivity index (χ4v) is 2.51. The summed E-state index contributed by atoms with van der Waals surface area (Å²) < 4.78 is 0. The number of piperidine rings is 1. The van der Waals surface area contributed by atoms with Gasteiger partial charge in [-0.2, -0.15) is 0 Å². The molecule has 0 bridgehead atoms. The number of aliphatic carboxylic acids is 1. The van der Waals surface area contributed by atoms with Gasteiger partial charge in [-0.05, 0) is 12.8 Å². The number of carboxylic acid groups (broad SMARTS) is 1. The van der Waals surface area contributed by atoms with E-state index in [1.165, 1.54) is 0 Å². The highest BCUT2D eigenvalue weighted by Crippen LogP contribution is 2.18. The normalized spacial score (nSPS) is 24.6. The van der Waals surface area contributed by atoms with Crippen LogP contribution in [-0.4, -0.2) is 65.5 Å². The summed E-state index contributed by atoms with van der Waals surface area (Å²) in [5.74, 6) is -1.35. The van der Waals surface area contributed by atoms with Crippen LogP contribution in [0, 0.1) is 5.92 Å². The number of likely N-dealkylation sites (tertiary alicyclic amines) is 1. The maximum absolute atomic E-state index is 12.3. The van der Waals surface area contributed by atoms with Gasteiger partial charge < -0.3 is 20.2 Å². The van der Waals surface area contributed by atoms with E-state index in [9.17, 15) is 14.4 Å². The average molecular weight is 269 g/mol. The number of carbonyl (C=O) groups excluding carboxylic acids is 2. The Morgan fingerprint density at radius 1 is 1.21 bits per heavy atom. The highest BCUT2D eigenvalue weighted by atomic mass is 16.4. The van der Waals surface area contributed by atoms with Gasteiger partial charge in [-0.3, -0.25) is 9.59 Å². The van der Waals surface area contributed by atoms with Crippen molar-refractivity contribution in [2.24, 2.45) is 5.92 Å². The monoisotopic (exact) mass is 269 g/mol. The molecule has 106 valence electrons. The molecule has 2 aliphatic heterocycles. The van der Waals surface area contributed by atoms with Gasteiger partial charge in [0.2, 0.25) is 5.91 Å². The summed E-state index contributed by atoms with van der Waals surface area (Å²) in [6.45, 7) is 2.21.